The van der Waals surface area contributed by atoms with Crippen molar-refractivity contribution in [1.29, 1.82) is 0 Å². The van der Waals surface area contributed by atoms with Crippen LogP contribution in [0.3, 0.4) is 0 Å². The quantitative estimate of drug-likeness (QED) is 0.767. The van der Waals surface area contributed by atoms with Crippen molar-refractivity contribution in [2.75, 3.05) is 0 Å². The van der Waals surface area contributed by atoms with E-state index in [1.54, 1.807) is 0 Å². The molecule has 0 saturated heterocycles. The van der Waals surface area contributed by atoms with Gasteiger partial charge in [-0.1, -0.05) is 28.1 Å². The Labute approximate surface area is 105 Å². The van der Waals surface area contributed by atoms with Crippen molar-refractivity contribution in [2.45, 2.75) is 0 Å². The fourth-order valence-electron chi connectivity index (χ4n) is 1.48. The van der Waals surface area contributed by atoms with Crippen LogP contribution in [0.4, 0.5) is 8.78 Å². The number of ketones is 1. The van der Waals surface area contributed by atoms with Crippen molar-refractivity contribution in [1.82, 2.24) is 0 Å². The molecule has 0 bridgehead atoms. The molecular formula is C13H7BrF2O. The maximum Gasteiger partial charge on any atom is 0.193 e. The third-order valence-corrected chi connectivity index (χ3v) is 2.67. The number of rotatable bonds is 2. The van der Waals surface area contributed by atoms with Crippen molar-refractivity contribution < 1.29 is 13.6 Å². The molecule has 0 aliphatic carbocycles. The summed E-state index contributed by atoms with van der Waals surface area (Å²) in [5.74, 6) is -1.42. The number of benzene rings is 2. The minimum atomic E-state index is -0.515. The van der Waals surface area contributed by atoms with Gasteiger partial charge >= 0.3 is 0 Å². The largest absolute Gasteiger partial charge is 0.289 e. The summed E-state index contributed by atoms with van der Waals surface area (Å²) < 4.78 is 26.6. The van der Waals surface area contributed by atoms with E-state index in [0.29, 0.717) is 4.47 Å². The predicted molar refractivity (Wildman–Crippen MR) is 63.9 cm³/mol. The molecule has 0 aliphatic heterocycles. The van der Waals surface area contributed by atoms with E-state index in [0.717, 1.165) is 12.1 Å². The van der Waals surface area contributed by atoms with Crippen LogP contribution < -0.4 is 0 Å². The molecule has 0 N–H and O–H groups in total. The maximum absolute atomic E-state index is 13.1. The number of carbonyl (C=O) groups excluding carboxylic acids is 1. The molecule has 0 amide bonds. The molecule has 4 heteroatoms. The number of halogens is 3. The molecule has 2 aromatic rings. The lowest BCUT2D eigenvalue weighted by atomic mass is 10.0. The molecular weight excluding hydrogens is 290 g/mol. The highest BCUT2D eigenvalue weighted by Gasteiger charge is 2.11. The third kappa shape index (κ3) is 2.77. The van der Waals surface area contributed by atoms with Gasteiger partial charge in [0.2, 0.25) is 0 Å². The van der Waals surface area contributed by atoms with Crippen molar-refractivity contribution in [3.63, 3.8) is 0 Å². The molecule has 2 aromatic carbocycles. The Morgan fingerprint density at radius 1 is 0.941 bits per heavy atom. The zero-order valence-corrected chi connectivity index (χ0v) is 10.2. The summed E-state index contributed by atoms with van der Waals surface area (Å²) in [7, 11) is 0. The summed E-state index contributed by atoms with van der Waals surface area (Å²) in [6.07, 6.45) is 0. The molecule has 0 spiro atoms. The Kier molecular flexibility index (Phi) is 3.33. The molecule has 0 atom stereocenters. The zero-order chi connectivity index (χ0) is 12.4. The summed E-state index contributed by atoms with van der Waals surface area (Å²) in [6.45, 7) is 0. The van der Waals surface area contributed by atoms with Crippen LogP contribution in [0.2, 0.25) is 0 Å². The van der Waals surface area contributed by atoms with Gasteiger partial charge in [-0.25, -0.2) is 8.78 Å². The first-order valence-corrected chi connectivity index (χ1v) is 5.62. The lowest BCUT2D eigenvalue weighted by Gasteiger charge is -2.02. The molecule has 0 radical (unpaired) electrons. The van der Waals surface area contributed by atoms with E-state index in [1.165, 1.54) is 30.3 Å². The second kappa shape index (κ2) is 4.75. The van der Waals surface area contributed by atoms with Gasteiger partial charge in [0.15, 0.2) is 5.78 Å². The molecule has 0 aromatic heterocycles. The van der Waals surface area contributed by atoms with Gasteiger partial charge in [0.25, 0.3) is 0 Å². The van der Waals surface area contributed by atoms with Gasteiger partial charge in [0, 0.05) is 15.6 Å². The fourth-order valence-corrected chi connectivity index (χ4v) is 1.95. The van der Waals surface area contributed by atoms with Crippen LogP contribution in [-0.2, 0) is 0 Å². The highest BCUT2D eigenvalue weighted by Crippen LogP contribution is 2.18. The van der Waals surface area contributed by atoms with Gasteiger partial charge in [-0.2, -0.15) is 0 Å². The van der Waals surface area contributed by atoms with Gasteiger partial charge in [0.05, 0.1) is 0 Å². The molecule has 86 valence electrons. The van der Waals surface area contributed by atoms with Gasteiger partial charge < -0.3 is 0 Å². The fraction of sp³-hybridized carbons (Fsp3) is 0. The van der Waals surface area contributed by atoms with E-state index in [9.17, 15) is 13.6 Å². The van der Waals surface area contributed by atoms with E-state index < -0.39 is 17.4 Å². The lowest BCUT2D eigenvalue weighted by molar-refractivity contribution is 0.103. The molecule has 0 saturated carbocycles. The maximum atomic E-state index is 13.1. The van der Waals surface area contributed by atoms with E-state index in [4.69, 9.17) is 0 Å². The summed E-state index contributed by atoms with van der Waals surface area (Å²) in [4.78, 5) is 11.9. The average Bonchev–Trinajstić information content (AvgIpc) is 2.26. The smallest absolute Gasteiger partial charge is 0.193 e. The minimum Gasteiger partial charge on any atom is -0.289 e. The van der Waals surface area contributed by atoms with Crippen LogP contribution in [0, 0.1) is 11.6 Å². The SMILES string of the molecule is O=C(c1cccc(F)c1)c1cc(F)cc(Br)c1. The van der Waals surface area contributed by atoms with Crippen LogP contribution in [0.1, 0.15) is 15.9 Å². The zero-order valence-electron chi connectivity index (χ0n) is 8.58. The second-order valence-corrected chi connectivity index (χ2v) is 4.41. The molecule has 1 nitrogen and oxygen atoms in total. The van der Waals surface area contributed by atoms with Crippen LogP contribution in [0.5, 0.6) is 0 Å². The average molecular weight is 297 g/mol. The Hall–Kier alpha value is -1.55. The van der Waals surface area contributed by atoms with Crippen LogP contribution in [0.15, 0.2) is 46.9 Å². The van der Waals surface area contributed by atoms with Gasteiger partial charge in [-0.3, -0.25) is 4.79 Å². The lowest BCUT2D eigenvalue weighted by Crippen LogP contribution is -2.02. The molecule has 17 heavy (non-hydrogen) atoms. The first kappa shape index (κ1) is 11.9. The van der Waals surface area contributed by atoms with Crippen molar-refractivity contribution in [3.8, 4) is 0 Å². The van der Waals surface area contributed by atoms with E-state index in [-0.39, 0.29) is 11.1 Å². The number of carbonyl (C=O) groups is 1. The van der Waals surface area contributed by atoms with Crippen molar-refractivity contribution in [2.24, 2.45) is 0 Å². The van der Waals surface area contributed by atoms with Gasteiger partial charge in [-0.05, 0) is 30.3 Å². The van der Waals surface area contributed by atoms with Crippen molar-refractivity contribution in [3.05, 3.63) is 69.7 Å². The summed E-state index contributed by atoms with van der Waals surface area (Å²) >= 11 is 3.10. The highest BCUT2D eigenvalue weighted by molar-refractivity contribution is 9.10. The summed E-state index contributed by atoms with van der Waals surface area (Å²) in [6, 6.07) is 9.18. The topological polar surface area (TPSA) is 17.1 Å². The standard InChI is InChI=1S/C13H7BrF2O/c14-10-4-9(6-12(16)7-10)13(17)8-2-1-3-11(15)5-8/h1-7H. The van der Waals surface area contributed by atoms with E-state index in [1.807, 2.05) is 0 Å². The third-order valence-electron chi connectivity index (χ3n) is 2.21. The van der Waals surface area contributed by atoms with E-state index in [2.05, 4.69) is 15.9 Å². The second-order valence-electron chi connectivity index (χ2n) is 3.50. The summed E-state index contributed by atoms with van der Waals surface area (Å²) in [5, 5.41) is 0. The molecule has 0 fully saturated rings. The molecule has 0 heterocycles. The summed E-state index contributed by atoms with van der Waals surface area (Å²) in [5.41, 5.74) is 0.380. The monoisotopic (exact) mass is 296 g/mol. The van der Waals surface area contributed by atoms with Crippen molar-refractivity contribution >= 4 is 21.7 Å². The Morgan fingerprint density at radius 3 is 2.29 bits per heavy atom. The first-order chi connectivity index (χ1) is 8.06. The Morgan fingerprint density at radius 2 is 1.65 bits per heavy atom. The van der Waals surface area contributed by atoms with Gasteiger partial charge in [-0.15, -0.1) is 0 Å². The number of hydrogen-bond acceptors (Lipinski definition) is 1. The van der Waals surface area contributed by atoms with Crippen LogP contribution >= 0.6 is 15.9 Å². The Bertz CT molecular complexity index is 561. The minimum absolute atomic E-state index is 0.183. The predicted octanol–water partition coefficient (Wildman–Crippen LogP) is 3.96. The van der Waals surface area contributed by atoms with Gasteiger partial charge in [0.1, 0.15) is 11.6 Å². The number of hydrogen-bond donors (Lipinski definition) is 0. The first-order valence-electron chi connectivity index (χ1n) is 4.82. The van der Waals surface area contributed by atoms with Crippen LogP contribution in [-0.4, -0.2) is 5.78 Å². The highest BCUT2D eigenvalue weighted by atomic mass is 79.9. The molecule has 0 unspecified atom stereocenters. The normalized spacial score (nSPS) is 10.3. The van der Waals surface area contributed by atoms with E-state index >= 15 is 0 Å². The molecule has 2 rings (SSSR count). The van der Waals surface area contributed by atoms with Crippen LogP contribution in [0.25, 0.3) is 0 Å². The molecule has 0 aliphatic rings. The Balaban J connectivity index is 2.43.